The largest absolute Gasteiger partial charge is 0.508 e. The van der Waals surface area contributed by atoms with E-state index in [2.05, 4.69) is 10.6 Å². The topological polar surface area (TPSA) is 87.7 Å². The quantitative estimate of drug-likeness (QED) is 0.670. The molecule has 1 unspecified atom stereocenters. The highest BCUT2D eigenvalue weighted by atomic mass is 16.5. The second kappa shape index (κ2) is 6.71. The average Bonchev–Trinajstić information content (AvgIpc) is 3.53. The maximum atomic E-state index is 12.2. The van der Waals surface area contributed by atoms with Crippen molar-refractivity contribution in [3.8, 4) is 5.75 Å². The first-order chi connectivity index (χ1) is 13.4. The molecule has 6 nitrogen and oxygen atoms in total. The van der Waals surface area contributed by atoms with E-state index in [1.54, 1.807) is 32.3 Å². The number of anilines is 2. The summed E-state index contributed by atoms with van der Waals surface area (Å²) in [5, 5.41) is 16.2. The lowest BCUT2D eigenvalue weighted by Crippen LogP contribution is -2.41. The minimum absolute atomic E-state index is 0.179. The smallest absolute Gasteiger partial charge is 0.253 e. The molecule has 6 heteroatoms. The molecular weight excluding hydrogens is 356 g/mol. The SMILES string of the molecule is COc1cccc(C2(Nc3c(NC4C=CC(C)=C(O)C=C4)c(=O)c3=O)CC2)c1. The van der Waals surface area contributed by atoms with Crippen molar-refractivity contribution in [1.29, 1.82) is 0 Å². The second-order valence-electron chi connectivity index (χ2n) is 7.30. The normalized spacial score (nSPS) is 20.1. The maximum Gasteiger partial charge on any atom is 0.253 e. The molecule has 0 bridgehead atoms. The summed E-state index contributed by atoms with van der Waals surface area (Å²) >= 11 is 0. The Morgan fingerprint density at radius 2 is 1.82 bits per heavy atom. The Labute approximate surface area is 162 Å². The summed E-state index contributed by atoms with van der Waals surface area (Å²) in [6.07, 6.45) is 8.70. The molecule has 1 fully saturated rings. The molecule has 28 heavy (non-hydrogen) atoms. The highest BCUT2D eigenvalue weighted by molar-refractivity contribution is 5.76. The van der Waals surface area contributed by atoms with E-state index in [1.807, 2.05) is 30.3 Å². The van der Waals surface area contributed by atoms with Crippen molar-refractivity contribution in [2.75, 3.05) is 17.7 Å². The van der Waals surface area contributed by atoms with Crippen LogP contribution in [0.5, 0.6) is 5.75 Å². The molecule has 0 heterocycles. The summed E-state index contributed by atoms with van der Waals surface area (Å²) in [5.74, 6) is 0.934. The fraction of sp³-hybridized carbons (Fsp3) is 0.273. The first kappa shape index (κ1) is 18.1. The second-order valence-corrected chi connectivity index (χ2v) is 7.30. The van der Waals surface area contributed by atoms with Gasteiger partial charge in [-0.2, -0.15) is 0 Å². The Morgan fingerprint density at radius 1 is 1.11 bits per heavy atom. The van der Waals surface area contributed by atoms with E-state index in [4.69, 9.17) is 4.74 Å². The lowest BCUT2D eigenvalue weighted by atomic mass is 10.0. The summed E-state index contributed by atoms with van der Waals surface area (Å²) in [6, 6.07) is 7.44. The molecule has 0 aromatic heterocycles. The number of rotatable bonds is 6. The van der Waals surface area contributed by atoms with Crippen molar-refractivity contribution in [3.05, 3.63) is 85.9 Å². The molecule has 2 aliphatic carbocycles. The predicted octanol–water partition coefficient (Wildman–Crippen LogP) is 3.13. The van der Waals surface area contributed by atoms with Crippen LogP contribution in [-0.2, 0) is 5.54 Å². The van der Waals surface area contributed by atoms with Gasteiger partial charge in [0, 0.05) is 0 Å². The monoisotopic (exact) mass is 378 g/mol. The van der Waals surface area contributed by atoms with Crippen molar-refractivity contribution in [2.45, 2.75) is 31.3 Å². The molecular formula is C22H22N2O4. The lowest BCUT2D eigenvalue weighted by molar-refractivity contribution is 0.414. The predicted molar refractivity (Wildman–Crippen MR) is 110 cm³/mol. The molecule has 1 saturated carbocycles. The van der Waals surface area contributed by atoms with E-state index >= 15 is 0 Å². The van der Waals surface area contributed by atoms with Gasteiger partial charge in [0.1, 0.15) is 22.9 Å². The van der Waals surface area contributed by atoms with Gasteiger partial charge in [-0.05, 0) is 49.1 Å². The van der Waals surface area contributed by atoms with Gasteiger partial charge in [-0.3, -0.25) is 9.59 Å². The third kappa shape index (κ3) is 3.11. The van der Waals surface area contributed by atoms with Gasteiger partial charge in [-0.25, -0.2) is 0 Å². The van der Waals surface area contributed by atoms with Crippen molar-refractivity contribution in [1.82, 2.24) is 0 Å². The summed E-state index contributed by atoms with van der Waals surface area (Å²) in [5.41, 5.74) is 1.00. The van der Waals surface area contributed by atoms with Crippen molar-refractivity contribution in [3.63, 3.8) is 0 Å². The van der Waals surface area contributed by atoms with Crippen LogP contribution in [0.25, 0.3) is 0 Å². The zero-order chi connectivity index (χ0) is 19.9. The van der Waals surface area contributed by atoms with Gasteiger partial charge < -0.3 is 20.5 Å². The van der Waals surface area contributed by atoms with Crippen LogP contribution in [-0.4, -0.2) is 18.3 Å². The van der Waals surface area contributed by atoms with Crippen LogP contribution < -0.4 is 26.2 Å². The molecule has 0 aliphatic heterocycles. The summed E-state index contributed by atoms with van der Waals surface area (Å²) in [6.45, 7) is 1.80. The number of aliphatic hydroxyl groups is 1. The molecule has 0 amide bonds. The number of ether oxygens (including phenoxy) is 1. The van der Waals surface area contributed by atoms with Crippen LogP contribution >= 0.6 is 0 Å². The molecule has 2 aromatic rings. The van der Waals surface area contributed by atoms with Crippen LogP contribution in [0.3, 0.4) is 0 Å². The van der Waals surface area contributed by atoms with Crippen LogP contribution in [0.4, 0.5) is 11.4 Å². The standard InChI is InChI=1S/C22H22N2O4/c1-13-6-7-15(8-9-17(13)25)23-18-19(21(27)20(18)26)24-22(10-11-22)14-4-3-5-16(12-14)28-2/h3-9,12,15,23-25H,10-11H2,1-2H3. The van der Waals surface area contributed by atoms with Gasteiger partial charge in [0.15, 0.2) is 0 Å². The van der Waals surface area contributed by atoms with Gasteiger partial charge in [0.25, 0.3) is 10.9 Å². The lowest BCUT2D eigenvalue weighted by Gasteiger charge is -2.24. The number of aliphatic hydroxyl groups excluding tert-OH is 1. The summed E-state index contributed by atoms with van der Waals surface area (Å²) < 4.78 is 5.30. The van der Waals surface area contributed by atoms with Gasteiger partial charge in [0.2, 0.25) is 0 Å². The van der Waals surface area contributed by atoms with Gasteiger partial charge in [-0.1, -0.05) is 30.4 Å². The minimum Gasteiger partial charge on any atom is -0.508 e. The van der Waals surface area contributed by atoms with Crippen LogP contribution in [0.2, 0.25) is 0 Å². The number of hydrogen-bond acceptors (Lipinski definition) is 6. The van der Waals surface area contributed by atoms with E-state index in [0.717, 1.165) is 29.7 Å². The van der Waals surface area contributed by atoms with E-state index in [0.29, 0.717) is 5.69 Å². The van der Waals surface area contributed by atoms with Crippen molar-refractivity contribution < 1.29 is 9.84 Å². The Balaban J connectivity index is 1.57. The van der Waals surface area contributed by atoms with Crippen LogP contribution in [0.1, 0.15) is 25.3 Å². The van der Waals surface area contributed by atoms with Gasteiger partial charge in [-0.15, -0.1) is 0 Å². The minimum atomic E-state index is -0.524. The number of benzene rings is 1. The molecule has 4 rings (SSSR count). The fourth-order valence-electron chi connectivity index (χ4n) is 3.41. The number of nitrogens with one attached hydrogen (secondary N) is 2. The van der Waals surface area contributed by atoms with E-state index in [-0.39, 0.29) is 23.0 Å². The highest BCUT2D eigenvalue weighted by Crippen LogP contribution is 2.49. The number of allylic oxidation sites excluding steroid dienone is 3. The molecule has 3 N–H and O–H groups in total. The molecule has 0 spiro atoms. The zero-order valence-corrected chi connectivity index (χ0v) is 15.8. The van der Waals surface area contributed by atoms with Gasteiger partial charge >= 0.3 is 0 Å². The summed E-state index contributed by atoms with van der Waals surface area (Å²) in [4.78, 5) is 24.4. The average molecular weight is 378 g/mol. The fourth-order valence-corrected chi connectivity index (χ4v) is 3.41. The Morgan fingerprint density at radius 3 is 2.54 bits per heavy atom. The Kier molecular flexibility index (Phi) is 4.34. The number of hydrogen-bond donors (Lipinski definition) is 3. The zero-order valence-electron chi connectivity index (χ0n) is 15.8. The number of methoxy groups -OCH3 is 1. The molecule has 1 atom stereocenters. The van der Waals surface area contributed by atoms with Gasteiger partial charge in [0.05, 0.1) is 18.7 Å². The third-order valence-corrected chi connectivity index (χ3v) is 5.38. The summed E-state index contributed by atoms with van der Waals surface area (Å²) in [7, 11) is 1.62. The first-order valence-electron chi connectivity index (χ1n) is 9.22. The highest BCUT2D eigenvalue weighted by Gasteiger charge is 2.46. The Hall–Kier alpha value is -3.28. The molecule has 0 saturated heterocycles. The van der Waals surface area contributed by atoms with Crippen molar-refractivity contribution in [2.24, 2.45) is 0 Å². The van der Waals surface area contributed by atoms with E-state index < -0.39 is 10.9 Å². The molecule has 0 radical (unpaired) electrons. The van der Waals surface area contributed by atoms with Crippen LogP contribution in [0.15, 0.2) is 69.5 Å². The molecule has 2 aliphatic rings. The Bertz CT molecular complexity index is 1060. The van der Waals surface area contributed by atoms with Crippen molar-refractivity contribution >= 4 is 11.4 Å². The maximum absolute atomic E-state index is 12.2. The van der Waals surface area contributed by atoms with E-state index in [9.17, 15) is 14.7 Å². The molecule has 144 valence electrons. The molecule has 2 aromatic carbocycles. The first-order valence-corrected chi connectivity index (χ1v) is 9.22. The van der Waals surface area contributed by atoms with E-state index in [1.165, 1.54) is 0 Å². The van der Waals surface area contributed by atoms with Crippen LogP contribution in [0, 0.1) is 0 Å². The third-order valence-electron chi connectivity index (χ3n) is 5.38.